The van der Waals surface area contributed by atoms with E-state index in [1.165, 1.54) is 87.5 Å². The number of nitrogens with zero attached hydrogens (tertiary/aromatic N) is 4. The number of para-hydroxylation sites is 3. The summed E-state index contributed by atoms with van der Waals surface area (Å²) < 4.78 is 4.84. The molecule has 1 aliphatic rings. The second-order valence-corrected chi connectivity index (χ2v) is 16.1. The highest BCUT2D eigenvalue weighted by atomic mass is 15.2. The van der Waals surface area contributed by atoms with Crippen LogP contribution in [0.5, 0.6) is 0 Å². The van der Waals surface area contributed by atoms with Gasteiger partial charge < -0.3 is 4.40 Å². The molecule has 8 aromatic carbocycles. The van der Waals surface area contributed by atoms with Crippen LogP contribution in [0.25, 0.3) is 110 Å². The zero-order valence-electron chi connectivity index (χ0n) is 31.5. The van der Waals surface area contributed by atoms with E-state index in [0.29, 0.717) is 5.95 Å². The fraction of sp³-hybridized carbons (Fsp3) is 0.0566. The van der Waals surface area contributed by atoms with Crippen molar-refractivity contribution in [3.05, 3.63) is 181 Å². The summed E-state index contributed by atoms with van der Waals surface area (Å²) in [5.74, 6) is 0.682. The Morgan fingerprint density at radius 2 is 1.04 bits per heavy atom. The molecule has 0 saturated heterocycles. The van der Waals surface area contributed by atoms with E-state index in [9.17, 15) is 0 Å². The molecule has 0 spiro atoms. The van der Waals surface area contributed by atoms with E-state index in [1.807, 2.05) is 0 Å². The quantitative estimate of drug-likeness (QED) is 0.182. The zero-order valence-corrected chi connectivity index (χ0v) is 31.5. The van der Waals surface area contributed by atoms with Crippen molar-refractivity contribution in [2.45, 2.75) is 19.3 Å². The molecule has 0 fully saturated rings. The van der Waals surface area contributed by atoms with Crippen LogP contribution in [0.3, 0.4) is 0 Å². The van der Waals surface area contributed by atoms with Crippen molar-refractivity contribution in [2.75, 3.05) is 0 Å². The first-order valence-corrected chi connectivity index (χ1v) is 19.8. The number of fused-ring (bicyclic) bond motifs is 15. The third-order valence-electron chi connectivity index (χ3n) is 12.8. The Morgan fingerprint density at radius 1 is 0.439 bits per heavy atom. The lowest BCUT2D eigenvalue weighted by Gasteiger charge is -2.24. The number of benzene rings is 8. The van der Waals surface area contributed by atoms with Crippen LogP contribution in [0.4, 0.5) is 0 Å². The van der Waals surface area contributed by atoms with Crippen molar-refractivity contribution < 1.29 is 0 Å². The molecule has 4 nitrogen and oxygen atoms in total. The normalized spacial score (nSPS) is 13.6. The summed E-state index contributed by atoms with van der Waals surface area (Å²) in [6.45, 7) is 4.64. The molecular formula is C53H34N4. The lowest BCUT2D eigenvalue weighted by Crippen LogP contribution is -2.18. The van der Waals surface area contributed by atoms with Gasteiger partial charge in [-0.25, -0.2) is 9.97 Å². The molecule has 0 saturated carbocycles. The highest BCUT2D eigenvalue weighted by Gasteiger charge is 2.40. The predicted molar refractivity (Wildman–Crippen MR) is 237 cm³/mol. The highest BCUT2D eigenvalue weighted by molar-refractivity contribution is 6.36. The smallest absolute Gasteiger partial charge is 0.235 e. The standard InChI is InChI=1S/C53H34N4/c1-53(2)41-20-10-6-18-38(41)49-47(53)48(33-26-24-32(25-27-33)31-14-4-3-5-15-31)54-52(55-49)57-43-22-12-7-16-35(43)37-29-28-34-30-40-36-17-8-11-21-42(36)56-44-23-13-9-19-39(44)46(51(40)56)45(34)50(37)57/h3-30H,1-2H3. The SMILES string of the molecule is CC1(C)c2ccccc2-c2nc(-n3c4ccccc4c4ccc5cc6c7ccccc7n7c8ccccc8c(c5c43)c67)nc(-c3ccc(-c4ccccc4)cc3)c21. The molecule has 0 unspecified atom stereocenters. The van der Waals surface area contributed by atoms with Crippen LogP contribution in [0.2, 0.25) is 0 Å². The van der Waals surface area contributed by atoms with Crippen LogP contribution in [-0.2, 0) is 5.41 Å². The molecule has 266 valence electrons. The second kappa shape index (κ2) is 10.9. The topological polar surface area (TPSA) is 35.1 Å². The maximum atomic E-state index is 5.70. The van der Waals surface area contributed by atoms with Gasteiger partial charge in [0.15, 0.2) is 0 Å². The highest BCUT2D eigenvalue weighted by Crippen LogP contribution is 2.52. The van der Waals surface area contributed by atoms with Crippen LogP contribution in [0.1, 0.15) is 25.0 Å². The third kappa shape index (κ3) is 3.96. The Bertz CT molecular complexity index is 3640. The van der Waals surface area contributed by atoms with Crippen molar-refractivity contribution in [3.63, 3.8) is 0 Å². The summed E-state index contributed by atoms with van der Waals surface area (Å²) in [5, 5.41) is 9.89. The summed E-state index contributed by atoms with van der Waals surface area (Å²) in [5.41, 5.74) is 14.7. The third-order valence-corrected chi connectivity index (χ3v) is 12.8. The van der Waals surface area contributed by atoms with Crippen molar-refractivity contribution in [1.82, 2.24) is 18.9 Å². The van der Waals surface area contributed by atoms with Gasteiger partial charge in [0.2, 0.25) is 5.95 Å². The van der Waals surface area contributed by atoms with Gasteiger partial charge >= 0.3 is 0 Å². The van der Waals surface area contributed by atoms with Crippen molar-refractivity contribution >= 4 is 70.7 Å². The van der Waals surface area contributed by atoms with Gasteiger partial charge in [0, 0.05) is 59.8 Å². The first-order valence-electron chi connectivity index (χ1n) is 19.8. The van der Waals surface area contributed by atoms with E-state index in [2.05, 4.69) is 193 Å². The molecule has 1 aliphatic carbocycles. The van der Waals surface area contributed by atoms with E-state index in [4.69, 9.17) is 9.97 Å². The maximum Gasteiger partial charge on any atom is 0.235 e. The minimum absolute atomic E-state index is 0.292. The summed E-state index contributed by atoms with van der Waals surface area (Å²) in [4.78, 5) is 11.3. The Morgan fingerprint density at radius 3 is 1.82 bits per heavy atom. The maximum absolute atomic E-state index is 5.70. The first-order chi connectivity index (χ1) is 28.1. The molecule has 57 heavy (non-hydrogen) atoms. The van der Waals surface area contributed by atoms with E-state index < -0.39 is 0 Å². The molecule has 4 heteroatoms. The van der Waals surface area contributed by atoms with Crippen LogP contribution in [-0.4, -0.2) is 18.9 Å². The van der Waals surface area contributed by atoms with E-state index in [-0.39, 0.29) is 5.41 Å². The van der Waals surface area contributed by atoms with Gasteiger partial charge in [0.1, 0.15) is 0 Å². The second-order valence-electron chi connectivity index (χ2n) is 16.1. The Kier molecular flexibility index (Phi) is 5.94. The van der Waals surface area contributed by atoms with Crippen LogP contribution in [0.15, 0.2) is 170 Å². The number of hydrogen-bond donors (Lipinski definition) is 0. The summed E-state index contributed by atoms with van der Waals surface area (Å²) in [6, 6.07) is 61.8. The average Bonchev–Trinajstić information content (AvgIpc) is 3.96. The molecule has 0 aliphatic heterocycles. The molecule has 0 atom stereocenters. The first kappa shape index (κ1) is 31.0. The van der Waals surface area contributed by atoms with Gasteiger partial charge in [0.25, 0.3) is 0 Å². The number of aromatic nitrogens is 4. The lowest BCUT2D eigenvalue weighted by atomic mass is 9.81. The molecule has 0 bridgehead atoms. The fourth-order valence-corrected chi connectivity index (χ4v) is 10.4. The van der Waals surface area contributed by atoms with Gasteiger partial charge in [-0.2, -0.15) is 0 Å². The Hall–Kier alpha value is -7.30. The molecule has 0 radical (unpaired) electrons. The number of rotatable bonds is 3. The Balaban J connectivity index is 1.19. The molecule has 0 N–H and O–H groups in total. The summed E-state index contributed by atoms with van der Waals surface area (Å²) in [6.07, 6.45) is 0. The van der Waals surface area contributed by atoms with Gasteiger partial charge in [-0.1, -0.05) is 159 Å². The molecule has 4 aromatic heterocycles. The van der Waals surface area contributed by atoms with Crippen molar-refractivity contribution in [1.29, 1.82) is 0 Å². The van der Waals surface area contributed by atoms with Crippen molar-refractivity contribution in [2.24, 2.45) is 0 Å². The predicted octanol–water partition coefficient (Wildman–Crippen LogP) is 13.5. The van der Waals surface area contributed by atoms with Crippen molar-refractivity contribution in [3.8, 4) is 39.6 Å². The van der Waals surface area contributed by atoms with E-state index in [1.54, 1.807) is 0 Å². The monoisotopic (exact) mass is 726 g/mol. The molecule has 13 rings (SSSR count). The lowest BCUT2D eigenvalue weighted by molar-refractivity contribution is 0.657. The fourth-order valence-electron chi connectivity index (χ4n) is 10.4. The van der Waals surface area contributed by atoms with Crippen LogP contribution in [0, 0.1) is 0 Å². The minimum Gasteiger partial charge on any atom is -0.308 e. The molecule has 0 amide bonds. The van der Waals surface area contributed by atoms with Gasteiger partial charge in [0.05, 0.1) is 39.0 Å². The summed E-state index contributed by atoms with van der Waals surface area (Å²) >= 11 is 0. The van der Waals surface area contributed by atoms with Crippen LogP contribution >= 0.6 is 0 Å². The van der Waals surface area contributed by atoms with Crippen LogP contribution < -0.4 is 0 Å². The largest absolute Gasteiger partial charge is 0.308 e. The zero-order chi connectivity index (χ0) is 37.6. The van der Waals surface area contributed by atoms with Gasteiger partial charge in [-0.3, -0.25) is 4.57 Å². The molecule has 4 heterocycles. The number of hydrogen-bond acceptors (Lipinski definition) is 2. The van der Waals surface area contributed by atoms with Gasteiger partial charge in [-0.05, 0) is 46.3 Å². The summed E-state index contributed by atoms with van der Waals surface area (Å²) in [7, 11) is 0. The van der Waals surface area contributed by atoms with E-state index in [0.717, 1.165) is 28.0 Å². The minimum atomic E-state index is -0.292. The Labute approximate surface area is 328 Å². The van der Waals surface area contributed by atoms with E-state index >= 15 is 0 Å². The average molecular weight is 727 g/mol. The van der Waals surface area contributed by atoms with Gasteiger partial charge in [-0.15, -0.1) is 0 Å². The molecule has 12 aromatic rings. The molecular weight excluding hydrogens is 693 g/mol.